The number of amides is 2. The third-order valence-corrected chi connectivity index (χ3v) is 7.43. The molecule has 2 saturated heterocycles. The van der Waals surface area contributed by atoms with Crippen LogP contribution in [0.2, 0.25) is 5.02 Å². The molecule has 1 saturated carbocycles. The summed E-state index contributed by atoms with van der Waals surface area (Å²) in [5, 5.41) is 10.4. The van der Waals surface area contributed by atoms with Crippen LogP contribution in [0.5, 0.6) is 0 Å². The number of carbonyl (C=O) groups excluding carboxylic acids is 2. The van der Waals surface area contributed by atoms with Gasteiger partial charge in [-0.1, -0.05) is 17.7 Å². The van der Waals surface area contributed by atoms with E-state index in [1.165, 1.54) is 18.2 Å². The van der Waals surface area contributed by atoms with Crippen LogP contribution in [0.3, 0.4) is 0 Å². The summed E-state index contributed by atoms with van der Waals surface area (Å²) in [6, 6.07) is 4.39. The van der Waals surface area contributed by atoms with Crippen molar-refractivity contribution in [3.8, 4) is 0 Å². The zero-order chi connectivity index (χ0) is 22.7. The predicted molar refractivity (Wildman–Crippen MR) is 122 cm³/mol. The van der Waals surface area contributed by atoms with E-state index in [-0.39, 0.29) is 28.4 Å². The van der Waals surface area contributed by atoms with E-state index in [2.05, 4.69) is 4.90 Å². The minimum atomic E-state index is -0.525. The second-order valence-corrected chi connectivity index (χ2v) is 9.65. The number of piperidine rings is 1. The van der Waals surface area contributed by atoms with Gasteiger partial charge in [-0.3, -0.25) is 9.59 Å². The molecule has 1 spiro atoms. The number of hydrogen-bond donors (Lipinski definition) is 1. The van der Waals surface area contributed by atoms with Crippen molar-refractivity contribution < 1.29 is 19.1 Å². The number of β-amino-alcohol motifs (C(OH)–C–C–N with tert-alkyl or cyclic N) is 1. The Labute approximate surface area is 193 Å². The third kappa shape index (κ3) is 5.50. The number of rotatable bonds is 6. The van der Waals surface area contributed by atoms with Crippen LogP contribution >= 0.6 is 11.6 Å². The Morgan fingerprint density at radius 1 is 1.19 bits per heavy atom. The molecule has 2 heterocycles. The standard InChI is InChI=1S/C24H31ClFN3O3/c25-19-4-2-18(16-20(19)26)3-5-22(31)29-12-6-23(32)28(14-15-29)11-1-10-27-13-9-24(7-8-24)21(30)17-27/h2-5,16,21,30H,1,6-15,17H2/b5-3+. The first-order valence-corrected chi connectivity index (χ1v) is 11.8. The van der Waals surface area contributed by atoms with Crippen molar-refractivity contribution in [3.63, 3.8) is 0 Å². The predicted octanol–water partition coefficient (Wildman–Crippen LogP) is 2.79. The lowest BCUT2D eigenvalue weighted by Gasteiger charge is -2.36. The topological polar surface area (TPSA) is 64.1 Å². The molecule has 32 heavy (non-hydrogen) atoms. The van der Waals surface area contributed by atoms with Gasteiger partial charge in [-0.15, -0.1) is 0 Å². The van der Waals surface area contributed by atoms with Gasteiger partial charge in [0, 0.05) is 45.2 Å². The van der Waals surface area contributed by atoms with Gasteiger partial charge in [0.25, 0.3) is 0 Å². The van der Waals surface area contributed by atoms with E-state index in [1.54, 1.807) is 17.0 Å². The van der Waals surface area contributed by atoms with Crippen molar-refractivity contribution in [2.75, 3.05) is 45.8 Å². The molecule has 3 aliphatic rings. The van der Waals surface area contributed by atoms with E-state index >= 15 is 0 Å². The lowest BCUT2D eigenvalue weighted by molar-refractivity contribution is -0.130. The summed E-state index contributed by atoms with van der Waals surface area (Å²) in [6.45, 7) is 4.68. The van der Waals surface area contributed by atoms with Crippen molar-refractivity contribution in [1.82, 2.24) is 14.7 Å². The summed E-state index contributed by atoms with van der Waals surface area (Å²) in [7, 11) is 0. The molecule has 0 bridgehead atoms. The number of carbonyl (C=O) groups is 2. The lowest BCUT2D eigenvalue weighted by Crippen LogP contribution is -2.46. The van der Waals surface area contributed by atoms with Crippen LogP contribution in [0, 0.1) is 11.2 Å². The molecule has 1 N–H and O–H groups in total. The summed E-state index contributed by atoms with van der Waals surface area (Å²) < 4.78 is 13.6. The van der Waals surface area contributed by atoms with Crippen molar-refractivity contribution in [2.24, 2.45) is 5.41 Å². The Bertz CT molecular complexity index is 889. The van der Waals surface area contributed by atoms with E-state index in [1.807, 2.05) is 4.90 Å². The SMILES string of the molecule is O=C(/C=C/c1ccc(Cl)c(F)c1)N1CCC(=O)N(CCCN2CCC3(CC3)C(O)C2)CC1. The van der Waals surface area contributed by atoms with Gasteiger partial charge in [-0.2, -0.15) is 0 Å². The summed E-state index contributed by atoms with van der Waals surface area (Å²) >= 11 is 5.69. The van der Waals surface area contributed by atoms with Crippen molar-refractivity contribution in [2.45, 2.75) is 38.2 Å². The number of nitrogens with zero attached hydrogens (tertiary/aromatic N) is 3. The van der Waals surface area contributed by atoms with Gasteiger partial charge in [-0.25, -0.2) is 4.39 Å². The first-order valence-electron chi connectivity index (χ1n) is 11.5. The number of aliphatic hydroxyl groups is 1. The largest absolute Gasteiger partial charge is 0.391 e. The minimum Gasteiger partial charge on any atom is -0.391 e. The minimum absolute atomic E-state index is 0.0443. The Hall–Kier alpha value is -1.96. The number of aliphatic hydroxyl groups excluding tert-OH is 1. The first-order chi connectivity index (χ1) is 15.4. The Kier molecular flexibility index (Phi) is 7.17. The maximum atomic E-state index is 13.6. The number of likely N-dealkylation sites (tertiary alicyclic amines) is 1. The van der Waals surface area contributed by atoms with E-state index < -0.39 is 5.82 Å². The van der Waals surface area contributed by atoms with E-state index in [9.17, 15) is 19.1 Å². The molecule has 2 aliphatic heterocycles. The average Bonchev–Trinajstić information content (AvgIpc) is 3.58. The van der Waals surface area contributed by atoms with Crippen LogP contribution < -0.4 is 0 Å². The van der Waals surface area contributed by atoms with Gasteiger partial charge in [0.15, 0.2) is 0 Å². The van der Waals surface area contributed by atoms with Crippen molar-refractivity contribution >= 4 is 29.5 Å². The zero-order valence-electron chi connectivity index (χ0n) is 18.3. The van der Waals surface area contributed by atoms with Gasteiger partial charge < -0.3 is 19.8 Å². The summed E-state index contributed by atoms with van der Waals surface area (Å²) in [5.74, 6) is -0.644. The molecular formula is C24H31ClFN3O3. The van der Waals surface area contributed by atoms with Gasteiger partial charge in [0.2, 0.25) is 11.8 Å². The second-order valence-electron chi connectivity index (χ2n) is 9.25. The molecule has 4 rings (SSSR count). The Morgan fingerprint density at radius 2 is 2.00 bits per heavy atom. The normalized spacial score (nSPS) is 23.7. The van der Waals surface area contributed by atoms with Gasteiger partial charge in [-0.05, 0) is 68.0 Å². The van der Waals surface area contributed by atoms with Crippen LogP contribution in [-0.2, 0) is 9.59 Å². The molecule has 8 heteroatoms. The average molecular weight is 464 g/mol. The molecule has 0 radical (unpaired) electrons. The molecule has 1 atom stereocenters. The monoisotopic (exact) mass is 463 g/mol. The molecule has 1 aliphatic carbocycles. The van der Waals surface area contributed by atoms with Gasteiger partial charge >= 0.3 is 0 Å². The maximum Gasteiger partial charge on any atom is 0.246 e. The lowest BCUT2D eigenvalue weighted by atomic mass is 9.90. The summed E-state index contributed by atoms with van der Waals surface area (Å²) in [5.41, 5.74) is 0.770. The molecule has 2 amide bonds. The van der Waals surface area contributed by atoms with E-state index in [0.29, 0.717) is 38.2 Å². The van der Waals surface area contributed by atoms with Gasteiger partial charge in [0.1, 0.15) is 5.82 Å². The van der Waals surface area contributed by atoms with Crippen molar-refractivity contribution in [1.29, 1.82) is 0 Å². The first kappa shape index (κ1) is 23.2. The fourth-order valence-electron chi connectivity index (χ4n) is 4.72. The maximum absolute atomic E-state index is 13.6. The highest BCUT2D eigenvalue weighted by molar-refractivity contribution is 6.30. The number of benzene rings is 1. The third-order valence-electron chi connectivity index (χ3n) is 7.12. The fourth-order valence-corrected chi connectivity index (χ4v) is 4.84. The van der Waals surface area contributed by atoms with Crippen LogP contribution in [0.1, 0.15) is 37.7 Å². The quantitative estimate of drug-likeness (QED) is 0.659. The Morgan fingerprint density at radius 3 is 2.72 bits per heavy atom. The summed E-state index contributed by atoms with van der Waals surface area (Å²) in [4.78, 5) is 30.9. The number of hydrogen-bond acceptors (Lipinski definition) is 4. The highest BCUT2D eigenvalue weighted by Gasteiger charge is 2.51. The van der Waals surface area contributed by atoms with Crippen LogP contribution in [0.15, 0.2) is 24.3 Å². The van der Waals surface area contributed by atoms with Gasteiger partial charge in [0.05, 0.1) is 11.1 Å². The number of halogens is 2. The van der Waals surface area contributed by atoms with E-state index in [4.69, 9.17) is 11.6 Å². The highest BCUT2D eigenvalue weighted by atomic mass is 35.5. The van der Waals surface area contributed by atoms with Crippen LogP contribution in [0.4, 0.5) is 4.39 Å². The molecular weight excluding hydrogens is 433 g/mol. The second kappa shape index (κ2) is 9.89. The van der Waals surface area contributed by atoms with E-state index in [0.717, 1.165) is 45.3 Å². The molecule has 1 unspecified atom stereocenters. The molecule has 6 nitrogen and oxygen atoms in total. The van der Waals surface area contributed by atoms with Crippen LogP contribution in [-0.4, -0.2) is 83.5 Å². The molecule has 174 valence electrons. The molecule has 3 fully saturated rings. The fraction of sp³-hybridized carbons (Fsp3) is 0.583. The van der Waals surface area contributed by atoms with Crippen LogP contribution in [0.25, 0.3) is 6.08 Å². The van der Waals surface area contributed by atoms with Crippen molar-refractivity contribution in [3.05, 3.63) is 40.7 Å². The Balaban J connectivity index is 1.22. The summed E-state index contributed by atoms with van der Waals surface area (Å²) in [6.07, 6.45) is 7.32. The molecule has 1 aromatic rings. The smallest absolute Gasteiger partial charge is 0.246 e. The molecule has 0 aromatic heterocycles. The highest BCUT2D eigenvalue weighted by Crippen LogP contribution is 2.53. The molecule has 1 aromatic carbocycles. The zero-order valence-corrected chi connectivity index (χ0v) is 19.1.